The second-order valence-corrected chi connectivity index (χ2v) is 6.86. The third-order valence-corrected chi connectivity index (χ3v) is 5.16. The van der Waals surface area contributed by atoms with Crippen molar-refractivity contribution < 1.29 is 4.79 Å². The van der Waals surface area contributed by atoms with Crippen molar-refractivity contribution in [2.24, 2.45) is 21.8 Å². The van der Waals surface area contributed by atoms with E-state index in [2.05, 4.69) is 36.3 Å². The molecule has 0 radical (unpaired) electrons. The molecule has 1 aromatic heterocycles. The normalized spacial score (nSPS) is 32.5. The molecule has 1 amide bonds. The molecule has 0 aromatic carbocycles. The molecule has 106 valence electrons. The van der Waals surface area contributed by atoms with Crippen molar-refractivity contribution in [3.63, 3.8) is 0 Å². The van der Waals surface area contributed by atoms with E-state index in [-0.39, 0.29) is 16.7 Å². The van der Waals surface area contributed by atoms with Crippen LogP contribution >= 0.6 is 0 Å². The van der Waals surface area contributed by atoms with Gasteiger partial charge in [-0.2, -0.15) is 5.10 Å². The van der Waals surface area contributed by atoms with Gasteiger partial charge in [-0.3, -0.25) is 9.78 Å². The zero-order chi connectivity index (χ0) is 14.4. The van der Waals surface area contributed by atoms with Crippen molar-refractivity contribution in [2.45, 2.75) is 40.0 Å². The Bertz CT molecular complexity index is 558. The van der Waals surface area contributed by atoms with E-state index in [1.54, 1.807) is 24.5 Å². The van der Waals surface area contributed by atoms with Crippen molar-refractivity contribution in [2.75, 3.05) is 0 Å². The highest BCUT2D eigenvalue weighted by atomic mass is 16.2. The van der Waals surface area contributed by atoms with Gasteiger partial charge < -0.3 is 0 Å². The number of pyridine rings is 1. The van der Waals surface area contributed by atoms with Gasteiger partial charge >= 0.3 is 0 Å². The van der Waals surface area contributed by atoms with Gasteiger partial charge in [-0.25, -0.2) is 5.43 Å². The van der Waals surface area contributed by atoms with Crippen LogP contribution in [0.25, 0.3) is 0 Å². The van der Waals surface area contributed by atoms with Crippen LogP contribution in [0.1, 0.15) is 50.4 Å². The number of hydrogen-bond acceptors (Lipinski definition) is 3. The SMILES string of the molecule is CC12CCC(C1)C(C)(C)/C2=N/NC(=O)c1ccncc1. The summed E-state index contributed by atoms with van der Waals surface area (Å²) in [6, 6.07) is 3.40. The molecule has 2 unspecified atom stereocenters. The number of hydrogen-bond donors (Lipinski definition) is 1. The first-order valence-electron chi connectivity index (χ1n) is 7.22. The monoisotopic (exact) mass is 271 g/mol. The Morgan fingerprint density at radius 3 is 2.65 bits per heavy atom. The smallest absolute Gasteiger partial charge is 0.267 e. The first kappa shape index (κ1) is 13.3. The summed E-state index contributed by atoms with van der Waals surface area (Å²) < 4.78 is 0. The minimum Gasteiger partial charge on any atom is -0.267 e. The second kappa shape index (κ2) is 4.40. The molecule has 3 rings (SSSR count). The van der Waals surface area contributed by atoms with E-state index < -0.39 is 0 Å². The summed E-state index contributed by atoms with van der Waals surface area (Å²) in [5, 5.41) is 4.50. The molecule has 2 aliphatic rings. The Morgan fingerprint density at radius 2 is 2.05 bits per heavy atom. The number of carbonyl (C=O) groups is 1. The van der Waals surface area contributed by atoms with Crippen molar-refractivity contribution >= 4 is 11.6 Å². The van der Waals surface area contributed by atoms with E-state index in [9.17, 15) is 4.79 Å². The summed E-state index contributed by atoms with van der Waals surface area (Å²) in [7, 11) is 0. The van der Waals surface area contributed by atoms with E-state index in [0.717, 1.165) is 5.71 Å². The lowest BCUT2D eigenvalue weighted by atomic mass is 9.71. The van der Waals surface area contributed by atoms with E-state index in [1.807, 2.05) is 0 Å². The maximum Gasteiger partial charge on any atom is 0.271 e. The number of fused-ring (bicyclic) bond motifs is 2. The molecule has 0 saturated heterocycles. The summed E-state index contributed by atoms with van der Waals surface area (Å²) in [6.45, 7) is 6.78. The third-order valence-electron chi connectivity index (χ3n) is 5.16. The van der Waals surface area contributed by atoms with E-state index in [1.165, 1.54) is 19.3 Å². The highest BCUT2D eigenvalue weighted by Gasteiger charge is 2.57. The van der Waals surface area contributed by atoms with Crippen LogP contribution in [0.4, 0.5) is 0 Å². The number of aromatic nitrogens is 1. The average molecular weight is 271 g/mol. The number of rotatable bonds is 2. The van der Waals surface area contributed by atoms with Gasteiger partial charge in [0.2, 0.25) is 0 Å². The van der Waals surface area contributed by atoms with Gasteiger partial charge in [0.15, 0.2) is 0 Å². The topological polar surface area (TPSA) is 54.4 Å². The second-order valence-electron chi connectivity index (χ2n) is 6.86. The Kier molecular flexibility index (Phi) is 2.92. The maximum atomic E-state index is 12.1. The Labute approximate surface area is 119 Å². The molecule has 4 heteroatoms. The summed E-state index contributed by atoms with van der Waals surface area (Å²) in [4.78, 5) is 16.0. The molecule has 0 aliphatic heterocycles. The van der Waals surface area contributed by atoms with Crippen LogP contribution in [-0.2, 0) is 0 Å². The van der Waals surface area contributed by atoms with Crippen molar-refractivity contribution in [1.29, 1.82) is 0 Å². The summed E-state index contributed by atoms with van der Waals surface area (Å²) in [5.41, 5.74) is 4.74. The lowest BCUT2D eigenvalue weighted by Gasteiger charge is -2.35. The van der Waals surface area contributed by atoms with Gasteiger partial charge in [0, 0.05) is 28.8 Å². The lowest BCUT2D eigenvalue weighted by molar-refractivity contribution is 0.0953. The van der Waals surface area contributed by atoms with Gasteiger partial charge in [-0.1, -0.05) is 20.8 Å². The summed E-state index contributed by atoms with van der Waals surface area (Å²) >= 11 is 0. The van der Waals surface area contributed by atoms with Crippen LogP contribution in [0.2, 0.25) is 0 Å². The Morgan fingerprint density at radius 1 is 1.35 bits per heavy atom. The lowest BCUT2D eigenvalue weighted by Crippen LogP contribution is -2.38. The van der Waals surface area contributed by atoms with Crippen molar-refractivity contribution in [1.82, 2.24) is 10.4 Å². The van der Waals surface area contributed by atoms with E-state index in [4.69, 9.17) is 0 Å². The fraction of sp³-hybridized carbons (Fsp3) is 0.562. The van der Waals surface area contributed by atoms with Gasteiger partial charge in [0.05, 0.1) is 5.71 Å². The predicted molar refractivity (Wildman–Crippen MR) is 78.4 cm³/mol. The molecule has 20 heavy (non-hydrogen) atoms. The van der Waals surface area contributed by atoms with Crippen LogP contribution in [-0.4, -0.2) is 16.6 Å². The molecule has 0 spiro atoms. The highest BCUT2D eigenvalue weighted by Crippen LogP contribution is 2.60. The number of nitrogens with one attached hydrogen (secondary N) is 1. The number of nitrogens with zero attached hydrogens (tertiary/aromatic N) is 2. The fourth-order valence-electron chi connectivity index (χ4n) is 4.00. The molecule has 2 bridgehead atoms. The number of amides is 1. The summed E-state index contributed by atoms with van der Waals surface area (Å²) in [5.74, 6) is 0.533. The van der Waals surface area contributed by atoms with Crippen molar-refractivity contribution in [3.8, 4) is 0 Å². The molecule has 2 saturated carbocycles. The highest BCUT2D eigenvalue weighted by molar-refractivity contribution is 6.00. The van der Waals surface area contributed by atoms with Crippen LogP contribution < -0.4 is 5.43 Å². The molecular formula is C16H21N3O. The maximum absolute atomic E-state index is 12.1. The zero-order valence-electron chi connectivity index (χ0n) is 12.3. The number of hydrazone groups is 1. The standard InChI is InChI=1S/C16H21N3O/c1-15(2)12-4-7-16(3,10-12)14(15)19-18-13(20)11-5-8-17-9-6-11/h5-6,8-9,12H,4,7,10H2,1-3H3,(H,18,20)/b19-14-. The number of carbonyl (C=O) groups excluding carboxylic acids is 1. The first-order valence-corrected chi connectivity index (χ1v) is 7.22. The minimum absolute atomic E-state index is 0.0958. The van der Waals surface area contributed by atoms with Crippen LogP contribution in [0.15, 0.2) is 29.6 Å². The third kappa shape index (κ3) is 1.94. The molecular weight excluding hydrogens is 250 g/mol. The van der Waals surface area contributed by atoms with Gasteiger partial charge in [0.25, 0.3) is 5.91 Å². The molecule has 2 atom stereocenters. The van der Waals surface area contributed by atoms with Gasteiger partial charge in [-0.15, -0.1) is 0 Å². The zero-order valence-corrected chi connectivity index (χ0v) is 12.3. The first-order chi connectivity index (χ1) is 9.43. The largest absolute Gasteiger partial charge is 0.271 e. The Balaban J connectivity index is 1.81. The van der Waals surface area contributed by atoms with Crippen molar-refractivity contribution in [3.05, 3.63) is 30.1 Å². The van der Waals surface area contributed by atoms with E-state index in [0.29, 0.717) is 11.5 Å². The average Bonchev–Trinajstić information content (AvgIpc) is 2.90. The van der Waals surface area contributed by atoms with Gasteiger partial charge in [-0.05, 0) is 37.3 Å². The molecule has 2 fully saturated rings. The molecule has 2 aliphatic carbocycles. The fourth-order valence-corrected chi connectivity index (χ4v) is 4.00. The van der Waals surface area contributed by atoms with Crippen LogP contribution in [0.3, 0.4) is 0 Å². The minimum atomic E-state index is -0.165. The molecule has 1 N–H and O–H groups in total. The molecule has 4 nitrogen and oxygen atoms in total. The quantitative estimate of drug-likeness (QED) is 0.841. The summed E-state index contributed by atoms with van der Waals surface area (Å²) in [6.07, 6.45) is 6.89. The van der Waals surface area contributed by atoms with Crippen LogP contribution in [0.5, 0.6) is 0 Å². The molecule has 1 heterocycles. The van der Waals surface area contributed by atoms with Gasteiger partial charge in [0.1, 0.15) is 0 Å². The predicted octanol–water partition coefficient (Wildman–Crippen LogP) is 3.01. The van der Waals surface area contributed by atoms with Crippen LogP contribution in [0, 0.1) is 16.7 Å². The molecule has 1 aromatic rings. The Hall–Kier alpha value is -1.71. The van der Waals surface area contributed by atoms with E-state index >= 15 is 0 Å².